The summed E-state index contributed by atoms with van der Waals surface area (Å²) < 4.78 is 0. The fourth-order valence-electron chi connectivity index (χ4n) is 1.59. The summed E-state index contributed by atoms with van der Waals surface area (Å²) >= 11 is 0. The highest BCUT2D eigenvalue weighted by Crippen LogP contribution is 2.25. The highest BCUT2D eigenvalue weighted by molar-refractivity contribution is 5.65. The summed E-state index contributed by atoms with van der Waals surface area (Å²) in [5.41, 5.74) is 2.20. The molecular formula is C12H8N2. The first-order valence-electron chi connectivity index (χ1n) is 4.49. The van der Waals surface area contributed by atoms with Gasteiger partial charge in [0.1, 0.15) is 0 Å². The van der Waals surface area contributed by atoms with E-state index in [1.807, 2.05) is 52.8 Å². The predicted octanol–water partition coefficient (Wildman–Crippen LogP) is 2.07. The number of nitrogens with zero attached hydrogens (tertiary/aromatic N) is 2. The third kappa shape index (κ3) is 0.929. The van der Waals surface area contributed by atoms with Gasteiger partial charge in [0.2, 0.25) is 0 Å². The molecule has 1 aromatic rings. The van der Waals surface area contributed by atoms with E-state index in [1.54, 1.807) is 0 Å². The first-order valence-corrected chi connectivity index (χ1v) is 4.49. The topological polar surface area (TPSA) is 6.48 Å². The number of benzene rings is 1. The second-order valence-electron chi connectivity index (χ2n) is 3.13. The van der Waals surface area contributed by atoms with E-state index in [4.69, 9.17) is 0 Å². The van der Waals surface area contributed by atoms with E-state index in [0.29, 0.717) is 0 Å². The first-order chi connectivity index (χ1) is 6.95. The van der Waals surface area contributed by atoms with Crippen LogP contribution in [0, 0.1) is 12.0 Å². The van der Waals surface area contributed by atoms with Gasteiger partial charge in [0, 0.05) is 18.4 Å². The van der Waals surface area contributed by atoms with Crippen LogP contribution < -0.4 is 5.01 Å². The summed E-state index contributed by atoms with van der Waals surface area (Å²) in [6.45, 7) is 0. The maximum Gasteiger partial charge on any atom is 0.0793 e. The average molecular weight is 180 g/mol. The average Bonchev–Trinajstić information content (AvgIpc) is 2.29. The van der Waals surface area contributed by atoms with Crippen molar-refractivity contribution in [3.05, 3.63) is 54.4 Å². The lowest BCUT2D eigenvalue weighted by molar-refractivity contribution is 0.530. The van der Waals surface area contributed by atoms with Gasteiger partial charge in [-0.1, -0.05) is 12.1 Å². The molecule has 0 amide bonds. The van der Waals surface area contributed by atoms with Gasteiger partial charge in [0.25, 0.3) is 0 Å². The van der Waals surface area contributed by atoms with E-state index in [2.05, 4.69) is 18.0 Å². The summed E-state index contributed by atoms with van der Waals surface area (Å²) in [5, 5.41) is 3.91. The Hall–Kier alpha value is -2.14. The van der Waals surface area contributed by atoms with Gasteiger partial charge in [-0.25, -0.2) is 10.0 Å². The van der Waals surface area contributed by atoms with Crippen molar-refractivity contribution in [3.63, 3.8) is 0 Å². The Morgan fingerprint density at radius 2 is 1.86 bits per heavy atom. The molecule has 0 bridgehead atoms. The Kier molecular flexibility index (Phi) is 1.39. The molecule has 0 saturated carbocycles. The Bertz CT molecular complexity index is 489. The van der Waals surface area contributed by atoms with E-state index in [0.717, 1.165) is 11.3 Å². The van der Waals surface area contributed by atoms with Crippen LogP contribution in [-0.2, 0) is 0 Å². The van der Waals surface area contributed by atoms with Crippen molar-refractivity contribution in [3.8, 4) is 12.0 Å². The molecule has 14 heavy (non-hydrogen) atoms. The van der Waals surface area contributed by atoms with Gasteiger partial charge in [-0.15, -0.1) is 0 Å². The summed E-state index contributed by atoms with van der Waals surface area (Å²) in [5.74, 6) is 3.11. The zero-order valence-corrected chi connectivity index (χ0v) is 7.51. The molecule has 0 radical (unpaired) electrons. The zero-order valence-electron chi connectivity index (χ0n) is 7.51. The van der Waals surface area contributed by atoms with Crippen LogP contribution in [-0.4, -0.2) is 5.01 Å². The normalized spacial score (nSPS) is 15.7. The van der Waals surface area contributed by atoms with Gasteiger partial charge in [0.05, 0.1) is 11.3 Å². The number of allylic oxidation sites excluding steroid dienone is 2. The number of anilines is 1. The molecule has 0 saturated heterocycles. The largest absolute Gasteiger partial charge is 0.248 e. The highest BCUT2D eigenvalue weighted by atomic mass is 15.6. The van der Waals surface area contributed by atoms with Gasteiger partial charge in [0.15, 0.2) is 0 Å². The van der Waals surface area contributed by atoms with E-state index in [1.165, 1.54) is 0 Å². The smallest absolute Gasteiger partial charge is 0.0793 e. The number of hydrogen-bond donors (Lipinski definition) is 0. The van der Waals surface area contributed by atoms with Crippen LogP contribution in [0.15, 0.2) is 48.8 Å². The second kappa shape index (κ2) is 2.68. The molecule has 2 heterocycles. The van der Waals surface area contributed by atoms with E-state index in [-0.39, 0.29) is 0 Å². The number of hydrazine groups is 1. The van der Waals surface area contributed by atoms with Crippen LogP contribution in [0.5, 0.6) is 0 Å². The summed E-state index contributed by atoms with van der Waals surface area (Å²) in [6.07, 6.45) is 7.93. The lowest BCUT2D eigenvalue weighted by Gasteiger charge is -2.32. The molecule has 0 spiro atoms. The fraction of sp³-hybridized carbons (Fsp3) is 0. The van der Waals surface area contributed by atoms with Gasteiger partial charge >= 0.3 is 0 Å². The Labute approximate surface area is 82.7 Å². The molecule has 2 nitrogen and oxygen atoms in total. The van der Waals surface area contributed by atoms with Crippen LogP contribution in [0.2, 0.25) is 0 Å². The lowest BCUT2D eigenvalue weighted by Crippen LogP contribution is -2.34. The SMILES string of the molecule is C1#CN2C=CC=CN2c2ccccc21. The Balaban J connectivity index is 2.19. The number of rotatable bonds is 0. The van der Waals surface area contributed by atoms with Crippen molar-refractivity contribution in [2.75, 3.05) is 5.01 Å². The first kappa shape index (κ1) is 7.28. The molecule has 0 unspecified atom stereocenters. The molecule has 1 aromatic carbocycles. The number of hydrogen-bond acceptors (Lipinski definition) is 2. The Morgan fingerprint density at radius 3 is 2.86 bits per heavy atom. The lowest BCUT2D eigenvalue weighted by atomic mass is 10.1. The standard InChI is InChI=1S/C12H8N2/c1-2-6-12-11(5-1)7-10-13-8-3-4-9-14(12)13/h1-6,8-9H. The van der Waals surface area contributed by atoms with Crippen molar-refractivity contribution < 1.29 is 0 Å². The van der Waals surface area contributed by atoms with Gasteiger partial charge in [-0.05, 0) is 30.2 Å². The maximum atomic E-state index is 3.11. The molecule has 3 rings (SSSR count). The number of fused-ring (bicyclic) bond motifs is 3. The third-order valence-electron chi connectivity index (χ3n) is 2.25. The van der Waals surface area contributed by atoms with E-state index < -0.39 is 0 Å². The van der Waals surface area contributed by atoms with Crippen LogP contribution in [0.1, 0.15) is 5.56 Å². The minimum Gasteiger partial charge on any atom is -0.248 e. The molecule has 0 aromatic heterocycles. The molecular weight excluding hydrogens is 172 g/mol. The third-order valence-corrected chi connectivity index (χ3v) is 2.25. The molecule has 2 heteroatoms. The van der Waals surface area contributed by atoms with Crippen molar-refractivity contribution in [1.82, 2.24) is 5.01 Å². The van der Waals surface area contributed by atoms with E-state index in [9.17, 15) is 0 Å². The maximum absolute atomic E-state index is 3.11. The fourth-order valence-corrected chi connectivity index (χ4v) is 1.59. The highest BCUT2D eigenvalue weighted by Gasteiger charge is 2.16. The molecule has 2 aliphatic rings. The van der Waals surface area contributed by atoms with Crippen molar-refractivity contribution in [1.29, 1.82) is 0 Å². The molecule has 66 valence electrons. The summed E-state index contributed by atoms with van der Waals surface area (Å²) in [4.78, 5) is 0. The summed E-state index contributed by atoms with van der Waals surface area (Å²) in [6, 6.07) is 11.2. The van der Waals surface area contributed by atoms with Crippen molar-refractivity contribution >= 4 is 5.69 Å². The summed E-state index contributed by atoms with van der Waals surface area (Å²) in [7, 11) is 0. The van der Waals surface area contributed by atoms with Crippen molar-refractivity contribution in [2.45, 2.75) is 0 Å². The molecule has 0 N–H and O–H groups in total. The van der Waals surface area contributed by atoms with Gasteiger partial charge in [-0.2, -0.15) is 0 Å². The zero-order chi connectivity index (χ0) is 9.38. The van der Waals surface area contributed by atoms with Crippen LogP contribution in [0.25, 0.3) is 0 Å². The molecule has 0 atom stereocenters. The Morgan fingerprint density at radius 1 is 1.00 bits per heavy atom. The number of para-hydroxylation sites is 1. The minimum absolute atomic E-state index is 1.07. The van der Waals surface area contributed by atoms with Crippen LogP contribution in [0.4, 0.5) is 5.69 Å². The quantitative estimate of drug-likeness (QED) is 0.564. The molecule has 0 aliphatic carbocycles. The van der Waals surface area contributed by atoms with Crippen LogP contribution >= 0.6 is 0 Å². The predicted molar refractivity (Wildman–Crippen MR) is 55.9 cm³/mol. The van der Waals surface area contributed by atoms with Gasteiger partial charge in [-0.3, -0.25) is 0 Å². The van der Waals surface area contributed by atoms with Crippen LogP contribution in [0.3, 0.4) is 0 Å². The molecule has 2 aliphatic heterocycles. The molecule has 0 fully saturated rings. The second-order valence-corrected chi connectivity index (χ2v) is 3.13. The van der Waals surface area contributed by atoms with Crippen molar-refractivity contribution in [2.24, 2.45) is 0 Å². The minimum atomic E-state index is 1.07. The van der Waals surface area contributed by atoms with Gasteiger partial charge < -0.3 is 0 Å². The van der Waals surface area contributed by atoms with E-state index >= 15 is 0 Å². The monoisotopic (exact) mass is 180 g/mol.